The maximum atomic E-state index is 13.3. The quantitative estimate of drug-likeness (QED) is 0.715. The van der Waals surface area contributed by atoms with Crippen LogP contribution in [0.4, 0.5) is 0 Å². The van der Waals surface area contributed by atoms with Gasteiger partial charge in [0.2, 0.25) is 0 Å². The number of para-hydroxylation sites is 1. The smallest absolute Gasteiger partial charge is 0.257 e. The predicted molar refractivity (Wildman–Crippen MR) is 104 cm³/mol. The second-order valence-corrected chi connectivity index (χ2v) is 6.81. The molecule has 1 aliphatic heterocycles. The summed E-state index contributed by atoms with van der Waals surface area (Å²) in [6, 6.07) is 20.0. The van der Waals surface area contributed by atoms with Gasteiger partial charge in [0.25, 0.3) is 5.91 Å². The minimum atomic E-state index is -0.0892. The molecular weight excluding hydrogens is 338 g/mol. The molecule has 0 bridgehead atoms. The molecule has 0 N–H and O–H groups in total. The molecule has 0 aliphatic carbocycles. The Labute approximate surface area is 159 Å². The van der Waals surface area contributed by atoms with E-state index in [9.17, 15) is 4.79 Å². The fourth-order valence-electron chi connectivity index (χ4n) is 3.63. The van der Waals surface area contributed by atoms with Crippen molar-refractivity contribution in [2.24, 2.45) is 0 Å². The largest absolute Gasteiger partial charge is 0.370 e. The number of morpholine rings is 1. The van der Waals surface area contributed by atoms with Crippen LogP contribution in [-0.4, -0.2) is 40.3 Å². The summed E-state index contributed by atoms with van der Waals surface area (Å²) in [7, 11) is 0. The Hall–Kier alpha value is -2.92. The zero-order chi connectivity index (χ0) is 18.8. The number of carbonyl (C=O) groups excluding carboxylic acids is 1. The van der Waals surface area contributed by atoms with E-state index >= 15 is 0 Å². The highest BCUT2D eigenvalue weighted by molar-refractivity contribution is 5.96. The van der Waals surface area contributed by atoms with E-state index in [2.05, 4.69) is 5.10 Å². The van der Waals surface area contributed by atoms with Crippen LogP contribution in [0.15, 0.2) is 60.7 Å². The first-order valence-corrected chi connectivity index (χ1v) is 9.22. The van der Waals surface area contributed by atoms with Gasteiger partial charge in [-0.3, -0.25) is 4.79 Å². The standard InChI is InChI=1S/C22H23N3O2/c1-16-21(17(2)25(23-16)19-11-7-4-8-12-19)22(26)24-13-14-27-20(15-24)18-9-5-3-6-10-18/h3-12,20H,13-15H2,1-2H3. The van der Waals surface area contributed by atoms with Crippen molar-refractivity contribution in [2.75, 3.05) is 19.7 Å². The molecule has 1 saturated heterocycles. The molecule has 5 nitrogen and oxygen atoms in total. The lowest BCUT2D eigenvalue weighted by Gasteiger charge is -2.33. The normalized spacial score (nSPS) is 17.1. The van der Waals surface area contributed by atoms with Crippen molar-refractivity contribution in [1.29, 1.82) is 0 Å². The number of benzene rings is 2. The molecule has 0 saturated carbocycles. The van der Waals surface area contributed by atoms with Crippen LogP contribution in [0.1, 0.15) is 33.4 Å². The Morgan fingerprint density at radius 3 is 2.41 bits per heavy atom. The number of hydrogen-bond donors (Lipinski definition) is 0. The van der Waals surface area contributed by atoms with Crippen molar-refractivity contribution in [1.82, 2.24) is 14.7 Å². The van der Waals surface area contributed by atoms with Crippen LogP contribution in [-0.2, 0) is 4.74 Å². The monoisotopic (exact) mass is 361 g/mol. The van der Waals surface area contributed by atoms with Gasteiger partial charge in [0, 0.05) is 6.54 Å². The number of carbonyl (C=O) groups is 1. The maximum Gasteiger partial charge on any atom is 0.257 e. The van der Waals surface area contributed by atoms with Crippen LogP contribution in [0.2, 0.25) is 0 Å². The number of amides is 1. The van der Waals surface area contributed by atoms with Gasteiger partial charge in [0.1, 0.15) is 6.10 Å². The van der Waals surface area contributed by atoms with E-state index in [4.69, 9.17) is 4.74 Å². The Morgan fingerprint density at radius 2 is 1.70 bits per heavy atom. The highest BCUT2D eigenvalue weighted by Crippen LogP contribution is 2.25. The van der Waals surface area contributed by atoms with E-state index in [0.717, 1.165) is 22.6 Å². The van der Waals surface area contributed by atoms with Crippen molar-refractivity contribution in [3.8, 4) is 5.69 Å². The summed E-state index contributed by atoms with van der Waals surface area (Å²) in [4.78, 5) is 15.2. The first-order valence-electron chi connectivity index (χ1n) is 9.22. The molecule has 3 aromatic rings. The Bertz CT molecular complexity index is 935. The molecule has 1 unspecified atom stereocenters. The summed E-state index contributed by atoms with van der Waals surface area (Å²) < 4.78 is 7.75. The molecule has 138 valence electrons. The van der Waals surface area contributed by atoms with Crippen molar-refractivity contribution in [3.05, 3.63) is 83.2 Å². The third kappa shape index (κ3) is 3.38. The van der Waals surface area contributed by atoms with Gasteiger partial charge in [-0.1, -0.05) is 48.5 Å². The Balaban J connectivity index is 1.60. The zero-order valence-electron chi connectivity index (χ0n) is 15.6. The van der Waals surface area contributed by atoms with Crippen LogP contribution in [0.5, 0.6) is 0 Å². The van der Waals surface area contributed by atoms with E-state index in [1.165, 1.54) is 0 Å². The molecule has 1 atom stereocenters. The molecule has 2 aromatic carbocycles. The van der Waals surface area contributed by atoms with Gasteiger partial charge in [-0.25, -0.2) is 4.68 Å². The third-order valence-electron chi connectivity index (χ3n) is 5.03. The molecule has 4 rings (SSSR count). The highest BCUT2D eigenvalue weighted by atomic mass is 16.5. The SMILES string of the molecule is Cc1nn(-c2ccccc2)c(C)c1C(=O)N1CCOC(c2ccccc2)C1. The fraction of sp³-hybridized carbons (Fsp3) is 0.273. The van der Waals surface area contributed by atoms with Gasteiger partial charge >= 0.3 is 0 Å². The molecule has 1 aromatic heterocycles. The van der Waals surface area contributed by atoms with Gasteiger partial charge < -0.3 is 9.64 Å². The molecule has 27 heavy (non-hydrogen) atoms. The second-order valence-electron chi connectivity index (χ2n) is 6.81. The number of aryl methyl sites for hydroxylation is 1. The number of rotatable bonds is 3. The van der Waals surface area contributed by atoms with E-state index in [-0.39, 0.29) is 12.0 Å². The Kier molecular flexibility index (Phi) is 4.77. The van der Waals surface area contributed by atoms with Gasteiger partial charge in [0.15, 0.2) is 0 Å². The van der Waals surface area contributed by atoms with Crippen molar-refractivity contribution >= 4 is 5.91 Å². The molecule has 2 heterocycles. The summed E-state index contributed by atoms with van der Waals surface area (Å²) in [5.74, 6) is 0.0245. The van der Waals surface area contributed by atoms with Crippen LogP contribution in [0, 0.1) is 13.8 Å². The Morgan fingerprint density at radius 1 is 1.04 bits per heavy atom. The van der Waals surface area contributed by atoms with Gasteiger partial charge in [-0.2, -0.15) is 5.10 Å². The average molecular weight is 361 g/mol. The zero-order valence-corrected chi connectivity index (χ0v) is 15.6. The van der Waals surface area contributed by atoms with E-state index < -0.39 is 0 Å². The van der Waals surface area contributed by atoms with Crippen LogP contribution < -0.4 is 0 Å². The van der Waals surface area contributed by atoms with Crippen LogP contribution in [0.3, 0.4) is 0 Å². The summed E-state index contributed by atoms with van der Waals surface area (Å²) in [6.07, 6.45) is -0.0892. The van der Waals surface area contributed by atoms with Crippen molar-refractivity contribution < 1.29 is 9.53 Å². The summed E-state index contributed by atoms with van der Waals surface area (Å²) in [6.45, 7) is 5.54. The topological polar surface area (TPSA) is 47.4 Å². The van der Waals surface area contributed by atoms with Crippen molar-refractivity contribution in [3.63, 3.8) is 0 Å². The van der Waals surface area contributed by atoms with E-state index in [1.54, 1.807) is 0 Å². The average Bonchev–Trinajstić information content (AvgIpc) is 3.03. The van der Waals surface area contributed by atoms with Gasteiger partial charge in [0.05, 0.1) is 35.8 Å². The summed E-state index contributed by atoms with van der Waals surface area (Å²) in [5.41, 5.74) is 4.37. The molecule has 0 spiro atoms. The highest BCUT2D eigenvalue weighted by Gasteiger charge is 2.29. The van der Waals surface area contributed by atoms with Crippen LogP contribution >= 0.6 is 0 Å². The summed E-state index contributed by atoms with van der Waals surface area (Å²) >= 11 is 0. The van der Waals surface area contributed by atoms with Gasteiger partial charge in [-0.15, -0.1) is 0 Å². The lowest BCUT2D eigenvalue weighted by atomic mass is 10.1. The number of ether oxygens (including phenoxy) is 1. The molecule has 1 amide bonds. The van der Waals surface area contributed by atoms with Crippen molar-refractivity contribution in [2.45, 2.75) is 20.0 Å². The predicted octanol–water partition coefficient (Wildman–Crippen LogP) is 3.70. The van der Waals surface area contributed by atoms with E-state index in [1.807, 2.05) is 84.1 Å². The van der Waals surface area contributed by atoms with E-state index in [0.29, 0.717) is 25.3 Å². The second kappa shape index (κ2) is 7.37. The first kappa shape index (κ1) is 17.5. The molecule has 1 fully saturated rings. The molecule has 5 heteroatoms. The number of hydrogen-bond acceptors (Lipinski definition) is 3. The first-order chi connectivity index (χ1) is 13.1. The lowest BCUT2D eigenvalue weighted by Crippen LogP contribution is -2.42. The molecule has 1 aliphatic rings. The number of aromatic nitrogens is 2. The number of nitrogens with zero attached hydrogens (tertiary/aromatic N) is 3. The lowest BCUT2D eigenvalue weighted by molar-refractivity contribution is -0.0228. The third-order valence-corrected chi connectivity index (χ3v) is 5.03. The molecule has 0 radical (unpaired) electrons. The molecular formula is C22H23N3O2. The summed E-state index contributed by atoms with van der Waals surface area (Å²) in [5, 5.41) is 4.61. The van der Waals surface area contributed by atoms with Crippen LogP contribution in [0.25, 0.3) is 5.69 Å². The van der Waals surface area contributed by atoms with Gasteiger partial charge in [-0.05, 0) is 31.5 Å². The maximum absolute atomic E-state index is 13.3. The minimum absolute atomic E-state index is 0.0245. The fourth-order valence-corrected chi connectivity index (χ4v) is 3.63. The minimum Gasteiger partial charge on any atom is -0.370 e.